The lowest BCUT2D eigenvalue weighted by atomic mass is 9.93. The minimum atomic E-state index is -0.813. The zero-order valence-electron chi connectivity index (χ0n) is 9.57. The Morgan fingerprint density at radius 2 is 2.28 bits per heavy atom. The van der Waals surface area contributed by atoms with Crippen LogP contribution in [-0.4, -0.2) is 28.4 Å². The molecule has 1 aliphatic carbocycles. The zero-order valence-corrected chi connectivity index (χ0v) is 11.2. The highest BCUT2D eigenvalue weighted by Crippen LogP contribution is 2.28. The van der Waals surface area contributed by atoms with Crippen molar-refractivity contribution in [1.29, 1.82) is 0 Å². The third kappa shape index (κ3) is 2.15. The SMILES string of the molecule is CCOC(=O)C1=C(O)c2nc(Br)ccc2CC1=O. The number of aliphatic hydroxyl groups is 1. The predicted molar refractivity (Wildman–Crippen MR) is 66.8 cm³/mol. The molecule has 0 aromatic carbocycles. The molecule has 0 bridgehead atoms. The van der Waals surface area contributed by atoms with E-state index in [2.05, 4.69) is 20.9 Å². The van der Waals surface area contributed by atoms with Crippen LogP contribution in [0.25, 0.3) is 5.76 Å². The number of halogens is 1. The van der Waals surface area contributed by atoms with E-state index >= 15 is 0 Å². The molecule has 0 atom stereocenters. The molecule has 0 saturated carbocycles. The van der Waals surface area contributed by atoms with Crippen molar-refractivity contribution < 1.29 is 19.4 Å². The van der Waals surface area contributed by atoms with Gasteiger partial charge in [0.15, 0.2) is 11.5 Å². The van der Waals surface area contributed by atoms with E-state index in [4.69, 9.17) is 4.74 Å². The second kappa shape index (κ2) is 4.89. The van der Waals surface area contributed by atoms with Crippen LogP contribution in [0.1, 0.15) is 18.2 Å². The Bertz CT molecular complexity index is 565. The molecule has 0 saturated heterocycles. The van der Waals surface area contributed by atoms with Crippen molar-refractivity contribution in [2.75, 3.05) is 6.61 Å². The third-order valence-corrected chi connectivity index (χ3v) is 2.96. The van der Waals surface area contributed by atoms with Crippen LogP contribution in [0.4, 0.5) is 0 Å². The molecule has 1 aliphatic rings. The van der Waals surface area contributed by atoms with Crippen molar-refractivity contribution in [3.05, 3.63) is 33.6 Å². The number of ether oxygens (including phenoxy) is 1. The minimum Gasteiger partial charge on any atom is -0.505 e. The highest BCUT2D eigenvalue weighted by molar-refractivity contribution is 9.10. The number of pyridine rings is 1. The van der Waals surface area contributed by atoms with Gasteiger partial charge in [-0.2, -0.15) is 0 Å². The molecular weight excluding hydrogens is 302 g/mol. The molecule has 0 amide bonds. The number of carbonyl (C=O) groups excluding carboxylic acids is 2. The first-order chi connectivity index (χ1) is 8.54. The summed E-state index contributed by atoms with van der Waals surface area (Å²) >= 11 is 3.17. The van der Waals surface area contributed by atoms with E-state index in [1.165, 1.54) is 0 Å². The fraction of sp³-hybridized carbons (Fsp3) is 0.250. The monoisotopic (exact) mass is 311 g/mol. The van der Waals surface area contributed by atoms with Crippen molar-refractivity contribution in [2.24, 2.45) is 0 Å². The van der Waals surface area contributed by atoms with Gasteiger partial charge in [-0.15, -0.1) is 0 Å². The van der Waals surface area contributed by atoms with Crippen LogP contribution < -0.4 is 0 Å². The summed E-state index contributed by atoms with van der Waals surface area (Å²) in [5.74, 6) is -1.68. The topological polar surface area (TPSA) is 76.5 Å². The van der Waals surface area contributed by atoms with Crippen LogP contribution in [0.15, 0.2) is 22.3 Å². The maximum absolute atomic E-state index is 11.8. The Morgan fingerprint density at radius 3 is 2.94 bits per heavy atom. The number of carbonyl (C=O) groups is 2. The van der Waals surface area contributed by atoms with E-state index < -0.39 is 17.5 Å². The summed E-state index contributed by atoms with van der Waals surface area (Å²) < 4.78 is 5.27. The summed E-state index contributed by atoms with van der Waals surface area (Å²) in [4.78, 5) is 27.5. The number of fused-ring (bicyclic) bond motifs is 1. The van der Waals surface area contributed by atoms with Crippen LogP contribution in [-0.2, 0) is 20.7 Å². The molecule has 0 radical (unpaired) electrons. The molecule has 0 fully saturated rings. The summed E-state index contributed by atoms with van der Waals surface area (Å²) in [7, 11) is 0. The Hall–Kier alpha value is -1.69. The smallest absolute Gasteiger partial charge is 0.345 e. The first-order valence-electron chi connectivity index (χ1n) is 5.34. The van der Waals surface area contributed by atoms with Crippen molar-refractivity contribution in [3.63, 3.8) is 0 Å². The number of Topliss-reactive ketones (excluding diaryl/α,β-unsaturated/α-hetero) is 1. The number of rotatable bonds is 2. The van der Waals surface area contributed by atoms with Gasteiger partial charge in [0.05, 0.1) is 6.61 Å². The molecule has 0 aliphatic heterocycles. The van der Waals surface area contributed by atoms with Gasteiger partial charge in [-0.1, -0.05) is 6.07 Å². The molecule has 1 N–H and O–H groups in total. The second-order valence-electron chi connectivity index (χ2n) is 3.69. The highest BCUT2D eigenvalue weighted by atomic mass is 79.9. The first-order valence-corrected chi connectivity index (χ1v) is 6.13. The van der Waals surface area contributed by atoms with Crippen molar-refractivity contribution >= 4 is 33.4 Å². The quantitative estimate of drug-likeness (QED) is 0.512. The summed E-state index contributed by atoms with van der Waals surface area (Å²) in [5.41, 5.74) is 0.510. The maximum atomic E-state index is 11.8. The fourth-order valence-corrected chi connectivity index (χ4v) is 2.05. The van der Waals surface area contributed by atoms with Gasteiger partial charge in [-0.05, 0) is 34.5 Å². The Kier molecular flexibility index (Phi) is 3.47. The van der Waals surface area contributed by atoms with Crippen LogP contribution in [0, 0.1) is 0 Å². The Labute approximate surface area is 112 Å². The molecular formula is C12H10BrNO4. The number of hydrogen-bond donors (Lipinski definition) is 1. The van der Waals surface area contributed by atoms with Gasteiger partial charge in [0.2, 0.25) is 0 Å². The molecule has 1 aromatic rings. The van der Waals surface area contributed by atoms with Crippen LogP contribution >= 0.6 is 15.9 Å². The largest absolute Gasteiger partial charge is 0.505 e. The molecule has 18 heavy (non-hydrogen) atoms. The summed E-state index contributed by atoms with van der Waals surface area (Å²) in [5, 5.41) is 9.99. The van der Waals surface area contributed by atoms with Gasteiger partial charge in [-0.3, -0.25) is 4.79 Å². The van der Waals surface area contributed by atoms with Gasteiger partial charge >= 0.3 is 5.97 Å². The van der Waals surface area contributed by atoms with Gasteiger partial charge in [0.1, 0.15) is 15.9 Å². The van der Waals surface area contributed by atoms with Gasteiger partial charge < -0.3 is 9.84 Å². The number of esters is 1. The van der Waals surface area contributed by atoms with Crippen molar-refractivity contribution in [1.82, 2.24) is 4.98 Å². The average Bonchev–Trinajstić information content (AvgIpc) is 2.31. The second-order valence-corrected chi connectivity index (χ2v) is 4.50. The molecule has 1 aromatic heterocycles. The minimum absolute atomic E-state index is 0.0355. The Morgan fingerprint density at radius 1 is 1.56 bits per heavy atom. The van der Waals surface area contributed by atoms with Gasteiger partial charge in [0.25, 0.3) is 0 Å². The molecule has 1 heterocycles. The molecule has 5 nitrogen and oxygen atoms in total. The summed E-state index contributed by atoms with van der Waals surface area (Å²) in [6.07, 6.45) is 0.0355. The molecule has 0 unspecified atom stereocenters. The molecule has 2 rings (SSSR count). The normalized spacial score (nSPS) is 14.4. The van der Waals surface area contributed by atoms with Crippen LogP contribution in [0.5, 0.6) is 0 Å². The Balaban J connectivity index is 2.54. The molecule has 0 spiro atoms. The zero-order chi connectivity index (χ0) is 13.3. The first kappa shape index (κ1) is 12.8. The lowest BCUT2D eigenvalue weighted by Crippen LogP contribution is -2.24. The van der Waals surface area contributed by atoms with E-state index in [1.807, 2.05) is 0 Å². The number of hydrogen-bond acceptors (Lipinski definition) is 5. The number of ketones is 1. The third-order valence-electron chi connectivity index (χ3n) is 2.52. The van der Waals surface area contributed by atoms with E-state index in [-0.39, 0.29) is 24.3 Å². The predicted octanol–water partition coefficient (Wildman–Crippen LogP) is 1.80. The summed E-state index contributed by atoms with van der Waals surface area (Å²) in [6.45, 7) is 1.77. The standard InChI is InChI=1S/C12H10BrNO4/c1-2-18-12(17)9-7(15)5-6-3-4-8(13)14-10(6)11(9)16/h3-4,16H,2,5H2,1H3. The van der Waals surface area contributed by atoms with Crippen LogP contribution in [0.2, 0.25) is 0 Å². The molecule has 94 valence electrons. The van der Waals surface area contributed by atoms with E-state index in [0.29, 0.717) is 10.2 Å². The van der Waals surface area contributed by atoms with Crippen LogP contribution in [0.3, 0.4) is 0 Å². The van der Waals surface area contributed by atoms with Gasteiger partial charge in [-0.25, -0.2) is 9.78 Å². The van der Waals surface area contributed by atoms with Gasteiger partial charge in [0, 0.05) is 6.42 Å². The fourth-order valence-electron chi connectivity index (χ4n) is 1.74. The highest BCUT2D eigenvalue weighted by Gasteiger charge is 2.32. The van der Waals surface area contributed by atoms with E-state index in [1.54, 1.807) is 19.1 Å². The molecule has 6 heteroatoms. The average molecular weight is 312 g/mol. The lowest BCUT2D eigenvalue weighted by Gasteiger charge is -2.16. The number of aromatic nitrogens is 1. The van der Waals surface area contributed by atoms with E-state index in [0.717, 1.165) is 0 Å². The van der Waals surface area contributed by atoms with E-state index in [9.17, 15) is 14.7 Å². The summed E-state index contributed by atoms with van der Waals surface area (Å²) in [6, 6.07) is 3.36. The van der Waals surface area contributed by atoms with Crippen molar-refractivity contribution in [3.8, 4) is 0 Å². The lowest BCUT2D eigenvalue weighted by molar-refractivity contribution is -0.140. The number of aliphatic hydroxyl groups excluding tert-OH is 1. The van der Waals surface area contributed by atoms with Crippen molar-refractivity contribution in [2.45, 2.75) is 13.3 Å². The maximum Gasteiger partial charge on any atom is 0.345 e. The number of nitrogens with zero attached hydrogens (tertiary/aromatic N) is 1.